The Kier molecular flexibility index (Phi) is 5.51. The molecule has 0 aromatic carbocycles. The molecule has 2 fully saturated rings. The SMILES string of the molecule is CC(=O)N1CCN(C(=O)c2ccnc(C(=O)N3CCN(C)CC3)c2)CC1. The van der Waals surface area contributed by atoms with Crippen LogP contribution < -0.4 is 0 Å². The van der Waals surface area contributed by atoms with E-state index in [4.69, 9.17) is 0 Å². The van der Waals surface area contributed by atoms with Crippen LogP contribution in [0.25, 0.3) is 0 Å². The molecule has 0 radical (unpaired) electrons. The first-order valence-electron chi connectivity index (χ1n) is 8.94. The van der Waals surface area contributed by atoms with Crippen LogP contribution in [-0.2, 0) is 4.79 Å². The van der Waals surface area contributed by atoms with Gasteiger partial charge in [-0.05, 0) is 19.2 Å². The number of pyridine rings is 1. The topological polar surface area (TPSA) is 77.1 Å². The van der Waals surface area contributed by atoms with E-state index < -0.39 is 0 Å². The highest BCUT2D eigenvalue weighted by atomic mass is 16.2. The quantitative estimate of drug-likeness (QED) is 0.729. The van der Waals surface area contributed by atoms with Gasteiger partial charge in [0.05, 0.1) is 0 Å². The largest absolute Gasteiger partial charge is 0.339 e. The van der Waals surface area contributed by atoms with Crippen molar-refractivity contribution in [2.24, 2.45) is 0 Å². The van der Waals surface area contributed by atoms with E-state index in [1.54, 1.807) is 26.8 Å². The molecule has 26 heavy (non-hydrogen) atoms. The Balaban J connectivity index is 1.66. The minimum Gasteiger partial charge on any atom is -0.339 e. The van der Waals surface area contributed by atoms with Gasteiger partial charge in [0.15, 0.2) is 0 Å². The maximum atomic E-state index is 12.7. The first-order valence-corrected chi connectivity index (χ1v) is 8.94. The van der Waals surface area contributed by atoms with Crippen LogP contribution in [0.3, 0.4) is 0 Å². The molecule has 0 atom stereocenters. The Labute approximate surface area is 153 Å². The molecular formula is C18H25N5O3. The molecule has 0 saturated carbocycles. The van der Waals surface area contributed by atoms with E-state index in [2.05, 4.69) is 9.88 Å². The molecule has 8 nitrogen and oxygen atoms in total. The van der Waals surface area contributed by atoms with Gasteiger partial charge in [-0.3, -0.25) is 19.4 Å². The van der Waals surface area contributed by atoms with E-state index in [0.717, 1.165) is 13.1 Å². The summed E-state index contributed by atoms with van der Waals surface area (Å²) in [5.74, 6) is -0.224. The minimum absolute atomic E-state index is 0.0288. The van der Waals surface area contributed by atoms with Crippen LogP contribution in [0, 0.1) is 0 Å². The van der Waals surface area contributed by atoms with Crippen molar-refractivity contribution in [2.75, 3.05) is 59.4 Å². The monoisotopic (exact) mass is 359 g/mol. The van der Waals surface area contributed by atoms with Crippen LogP contribution in [0.2, 0.25) is 0 Å². The van der Waals surface area contributed by atoms with Crippen LogP contribution in [-0.4, -0.2) is 102 Å². The van der Waals surface area contributed by atoms with Crippen molar-refractivity contribution in [1.29, 1.82) is 0 Å². The van der Waals surface area contributed by atoms with Crippen LogP contribution in [0.5, 0.6) is 0 Å². The Hall–Kier alpha value is -2.48. The summed E-state index contributed by atoms with van der Waals surface area (Å²) in [7, 11) is 2.03. The van der Waals surface area contributed by atoms with Gasteiger partial charge in [-0.2, -0.15) is 0 Å². The molecule has 0 spiro atoms. The maximum absolute atomic E-state index is 12.7. The fourth-order valence-corrected chi connectivity index (χ4v) is 3.26. The predicted molar refractivity (Wildman–Crippen MR) is 95.8 cm³/mol. The summed E-state index contributed by atoms with van der Waals surface area (Å²) >= 11 is 0. The number of aromatic nitrogens is 1. The number of carbonyl (C=O) groups is 3. The number of likely N-dealkylation sites (N-methyl/N-ethyl adjacent to an activating group) is 1. The fraction of sp³-hybridized carbons (Fsp3) is 0.556. The second-order valence-corrected chi connectivity index (χ2v) is 6.82. The maximum Gasteiger partial charge on any atom is 0.272 e. The second-order valence-electron chi connectivity index (χ2n) is 6.82. The molecule has 2 aliphatic rings. The van der Waals surface area contributed by atoms with E-state index in [-0.39, 0.29) is 17.7 Å². The molecule has 2 aliphatic heterocycles. The fourth-order valence-electron chi connectivity index (χ4n) is 3.26. The van der Waals surface area contributed by atoms with Crippen LogP contribution in [0.1, 0.15) is 27.8 Å². The van der Waals surface area contributed by atoms with Gasteiger partial charge in [0.2, 0.25) is 5.91 Å². The predicted octanol–water partition coefficient (Wildman–Crippen LogP) is -0.226. The molecule has 1 aromatic rings. The number of nitrogens with zero attached hydrogens (tertiary/aromatic N) is 5. The minimum atomic E-state index is -0.130. The molecule has 0 aliphatic carbocycles. The van der Waals surface area contributed by atoms with Crippen LogP contribution in [0.4, 0.5) is 0 Å². The van der Waals surface area contributed by atoms with Crippen molar-refractivity contribution in [3.05, 3.63) is 29.6 Å². The number of carbonyl (C=O) groups excluding carboxylic acids is 3. The van der Waals surface area contributed by atoms with Crippen molar-refractivity contribution in [2.45, 2.75) is 6.92 Å². The van der Waals surface area contributed by atoms with E-state index in [1.807, 2.05) is 7.05 Å². The third-order valence-corrected chi connectivity index (χ3v) is 5.03. The van der Waals surface area contributed by atoms with Gasteiger partial charge in [0, 0.05) is 71.0 Å². The van der Waals surface area contributed by atoms with Gasteiger partial charge in [0.1, 0.15) is 5.69 Å². The third-order valence-electron chi connectivity index (χ3n) is 5.03. The second kappa shape index (κ2) is 7.82. The third kappa shape index (κ3) is 4.01. The summed E-state index contributed by atoms with van der Waals surface area (Å²) in [6.07, 6.45) is 1.52. The zero-order valence-corrected chi connectivity index (χ0v) is 15.3. The van der Waals surface area contributed by atoms with Crippen molar-refractivity contribution in [1.82, 2.24) is 24.6 Å². The van der Waals surface area contributed by atoms with Crippen molar-refractivity contribution in [3.63, 3.8) is 0 Å². The van der Waals surface area contributed by atoms with Gasteiger partial charge in [0.25, 0.3) is 11.8 Å². The summed E-state index contributed by atoms with van der Waals surface area (Å²) in [4.78, 5) is 48.4. The van der Waals surface area contributed by atoms with Crippen molar-refractivity contribution >= 4 is 17.7 Å². The number of rotatable bonds is 2. The first kappa shape index (κ1) is 18.3. The lowest BCUT2D eigenvalue weighted by Crippen LogP contribution is -2.50. The molecule has 3 heterocycles. The molecule has 0 N–H and O–H groups in total. The summed E-state index contributed by atoms with van der Waals surface area (Å²) in [5, 5.41) is 0. The Morgan fingerprint density at radius 1 is 0.846 bits per heavy atom. The Morgan fingerprint density at radius 2 is 1.38 bits per heavy atom. The molecule has 3 rings (SSSR count). The van der Waals surface area contributed by atoms with Gasteiger partial charge >= 0.3 is 0 Å². The summed E-state index contributed by atoms with van der Waals surface area (Å²) in [6.45, 7) is 6.64. The molecule has 0 unspecified atom stereocenters. The summed E-state index contributed by atoms with van der Waals surface area (Å²) in [5.41, 5.74) is 0.775. The molecule has 140 valence electrons. The highest BCUT2D eigenvalue weighted by molar-refractivity contribution is 5.98. The molecular weight excluding hydrogens is 334 g/mol. The van der Waals surface area contributed by atoms with E-state index >= 15 is 0 Å². The zero-order chi connectivity index (χ0) is 18.7. The van der Waals surface area contributed by atoms with Gasteiger partial charge in [-0.15, -0.1) is 0 Å². The van der Waals surface area contributed by atoms with Gasteiger partial charge < -0.3 is 19.6 Å². The van der Waals surface area contributed by atoms with Crippen molar-refractivity contribution < 1.29 is 14.4 Å². The highest BCUT2D eigenvalue weighted by Crippen LogP contribution is 2.12. The number of piperazine rings is 2. The summed E-state index contributed by atoms with van der Waals surface area (Å²) < 4.78 is 0. The molecule has 3 amide bonds. The first-order chi connectivity index (χ1) is 12.5. The average molecular weight is 359 g/mol. The number of hydrogen-bond donors (Lipinski definition) is 0. The normalized spacial score (nSPS) is 18.8. The highest BCUT2D eigenvalue weighted by Gasteiger charge is 2.25. The van der Waals surface area contributed by atoms with E-state index in [9.17, 15) is 14.4 Å². The zero-order valence-electron chi connectivity index (χ0n) is 15.3. The van der Waals surface area contributed by atoms with E-state index in [1.165, 1.54) is 13.1 Å². The van der Waals surface area contributed by atoms with Gasteiger partial charge in [-0.25, -0.2) is 0 Å². The van der Waals surface area contributed by atoms with E-state index in [0.29, 0.717) is 50.5 Å². The van der Waals surface area contributed by atoms with Crippen LogP contribution in [0.15, 0.2) is 18.3 Å². The molecule has 1 aromatic heterocycles. The molecule has 0 bridgehead atoms. The molecule has 8 heteroatoms. The molecule has 2 saturated heterocycles. The lowest BCUT2D eigenvalue weighted by Gasteiger charge is -2.34. The smallest absolute Gasteiger partial charge is 0.272 e. The lowest BCUT2D eigenvalue weighted by atomic mass is 10.1. The number of amides is 3. The standard InChI is InChI=1S/C18H25N5O3/c1-14(24)21-9-11-22(12-10-21)17(25)15-3-4-19-16(13-15)18(26)23-7-5-20(2)6-8-23/h3-4,13H,5-12H2,1-2H3. The van der Waals surface area contributed by atoms with Crippen molar-refractivity contribution in [3.8, 4) is 0 Å². The average Bonchev–Trinajstić information content (AvgIpc) is 2.67. The Bertz CT molecular complexity index is 692. The van der Waals surface area contributed by atoms with Crippen LogP contribution >= 0.6 is 0 Å². The number of hydrogen-bond acceptors (Lipinski definition) is 5. The summed E-state index contributed by atoms with van der Waals surface area (Å²) in [6, 6.07) is 3.22. The lowest BCUT2D eigenvalue weighted by molar-refractivity contribution is -0.130. The van der Waals surface area contributed by atoms with Gasteiger partial charge in [-0.1, -0.05) is 0 Å². The Morgan fingerprint density at radius 3 is 2.00 bits per heavy atom.